The highest BCUT2D eigenvalue weighted by Gasteiger charge is 2.26. The van der Waals surface area contributed by atoms with Gasteiger partial charge in [0.1, 0.15) is 5.60 Å². The largest absolute Gasteiger partial charge is 0.465 e. The van der Waals surface area contributed by atoms with Gasteiger partial charge in [-0.2, -0.15) is 0 Å². The lowest BCUT2D eigenvalue weighted by molar-refractivity contribution is 0.0263. The average Bonchev–Trinajstić information content (AvgIpc) is 2.90. The zero-order chi connectivity index (χ0) is 22.7. The summed E-state index contributed by atoms with van der Waals surface area (Å²) in [4.78, 5) is 28.4. The van der Waals surface area contributed by atoms with E-state index in [4.69, 9.17) is 9.47 Å². The van der Waals surface area contributed by atoms with E-state index in [1.54, 1.807) is 23.1 Å². The van der Waals surface area contributed by atoms with E-state index in [0.717, 1.165) is 22.7 Å². The first-order valence-corrected chi connectivity index (χ1v) is 11.6. The molecule has 0 unspecified atom stereocenters. The van der Waals surface area contributed by atoms with Crippen LogP contribution in [0.15, 0.2) is 18.2 Å². The highest BCUT2D eigenvalue weighted by atomic mass is 32.2. The van der Waals surface area contributed by atoms with Gasteiger partial charge >= 0.3 is 12.1 Å². The molecule has 0 saturated carbocycles. The molecule has 9 nitrogen and oxygen atoms in total. The van der Waals surface area contributed by atoms with Crippen LogP contribution in [-0.2, 0) is 19.5 Å². The first-order valence-electron chi connectivity index (χ1n) is 9.72. The van der Waals surface area contributed by atoms with Crippen LogP contribution in [0.3, 0.4) is 0 Å². The fourth-order valence-corrected chi connectivity index (χ4v) is 3.65. The van der Waals surface area contributed by atoms with Crippen molar-refractivity contribution in [2.75, 3.05) is 55.8 Å². The van der Waals surface area contributed by atoms with Crippen LogP contribution in [0.25, 0.3) is 0 Å². The van der Waals surface area contributed by atoms with Gasteiger partial charge in [-0.1, -0.05) is 0 Å². The molecule has 2 rings (SSSR count). The van der Waals surface area contributed by atoms with Crippen molar-refractivity contribution in [3.05, 3.63) is 23.8 Å². The Labute approximate surface area is 178 Å². The number of methoxy groups -OCH3 is 1. The van der Waals surface area contributed by atoms with E-state index in [1.165, 1.54) is 14.2 Å². The molecular weight excluding hydrogens is 410 g/mol. The Morgan fingerprint density at radius 2 is 1.77 bits per heavy atom. The third-order valence-corrected chi connectivity index (χ3v) is 5.93. The van der Waals surface area contributed by atoms with E-state index in [0.29, 0.717) is 26.2 Å². The van der Waals surface area contributed by atoms with Gasteiger partial charge in [0.25, 0.3) is 0 Å². The monoisotopic (exact) mass is 441 g/mol. The maximum absolute atomic E-state index is 12.4. The molecule has 1 aromatic rings. The molecule has 1 aliphatic rings. The number of amides is 1. The molecule has 0 atom stereocenters. The van der Waals surface area contributed by atoms with Crippen molar-refractivity contribution in [1.82, 2.24) is 4.90 Å². The quantitative estimate of drug-likeness (QED) is 0.662. The summed E-state index contributed by atoms with van der Waals surface area (Å²) in [5.41, 5.74) is 0.613. The smallest absolute Gasteiger partial charge is 0.410 e. The van der Waals surface area contributed by atoms with Gasteiger partial charge in [0, 0.05) is 38.9 Å². The first kappa shape index (κ1) is 23.8. The number of anilines is 2. The summed E-state index contributed by atoms with van der Waals surface area (Å²) in [6.45, 7) is 7.79. The molecule has 1 aromatic carbocycles. The predicted molar refractivity (Wildman–Crippen MR) is 116 cm³/mol. The van der Waals surface area contributed by atoms with E-state index < -0.39 is 21.6 Å². The lowest BCUT2D eigenvalue weighted by Crippen LogP contribution is -2.39. The molecule has 0 spiro atoms. The molecule has 1 aliphatic heterocycles. The van der Waals surface area contributed by atoms with Crippen LogP contribution >= 0.6 is 0 Å². The Bertz CT molecular complexity index is 894. The number of hydrogen-bond acceptors (Lipinski definition) is 7. The number of carbonyl (C=O) groups excluding carboxylic acids is 2. The van der Waals surface area contributed by atoms with Crippen molar-refractivity contribution in [3.8, 4) is 0 Å². The summed E-state index contributed by atoms with van der Waals surface area (Å²) in [7, 11) is -0.898. The van der Waals surface area contributed by atoms with Gasteiger partial charge in [0.15, 0.2) is 0 Å². The number of benzene rings is 1. The number of nitrogens with zero attached hydrogens (tertiary/aromatic N) is 3. The number of esters is 1. The summed E-state index contributed by atoms with van der Waals surface area (Å²) in [5.74, 6) is -0.618. The SMILES string of the molecule is COC(=O)c1cc(N2CCCN(C(=O)OC(C)(C)C)CC2)ccc1N(C)S(C)(=O)=O. The van der Waals surface area contributed by atoms with Gasteiger partial charge < -0.3 is 19.3 Å². The van der Waals surface area contributed by atoms with Crippen LogP contribution in [0.5, 0.6) is 0 Å². The lowest BCUT2D eigenvalue weighted by Gasteiger charge is -2.27. The van der Waals surface area contributed by atoms with E-state index in [9.17, 15) is 18.0 Å². The van der Waals surface area contributed by atoms with Crippen molar-refractivity contribution < 1.29 is 27.5 Å². The summed E-state index contributed by atoms with van der Waals surface area (Å²) in [5, 5.41) is 0. The molecule has 1 heterocycles. The Morgan fingerprint density at radius 3 is 2.33 bits per heavy atom. The standard InChI is InChI=1S/C20H31N3O6S/c1-20(2,3)29-19(25)23-11-7-10-22(12-13-23)15-8-9-17(21(4)30(6,26)27)16(14-15)18(24)28-5/h8-9,14H,7,10-13H2,1-6H3. The van der Waals surface area contributed by atoms with Gasteiger partial charge in [0.2, 0.25) is 10.0 Å². The maximum atomic E-state index is 12.4. The molecule has 30 heavy (non-hydrogen) atoms. The molecule has 1 saturated heterocycles. The fourth-order valence-electron chi connectivity index (χ4n) is 3.13. The molecule has 1 amide bonds. The second-order valence-corrected chi connectivity index (χ2v) is 10.2. The Hall–Kier alpha value is -2.49. The van der Waals surface area contributed by atoms with Gasteiger partial charge in [-0.3, -0.25) is 4.31 Å². The lowest BCUT2D eigenvalue weighted by atomic mass is 10.1. The van der Waals surface area contributed by atoms with E-state index >= 15 is 0 Å². The van der Waals surface area contributed by atoms with Gasteiger partial charge in [0.05, 0.1) is 24.6 Å². The molecule has 168 valence electrons. The molecular formula is C20H31N3O6S. The van der Waals surface area contributed by atoms with E-state index in [-0.39, 0.29) is 17.3 Å². The van der Waals surface area contributed by atoms with Crippen molar-refractivity contribution in [1.29, 1.82) is 0 Å². The normalized spacial score (nSPS) is 15.4. The number of rotatable bonds is 4. The number of hydrogen-bond donors (Lipinski definition) is 0. The highest BCUT2D eigenvalue weighted by Crippen LogP contribution is 2.28. The Kier molecular flexibility index (Phi) is 7.23. The molecule has 10 heteroatoms. The van der Waals surface area contributed by atoms with Crippen LogP contribution in [-0.4, -0.2) is 77.6 Å². The summed E-state index contributed by atoms with van der Waals surface area (Å²) in [6.07, 6.45) is 1.46. The number of ether oxygens (including phenoxy) is 2. The summed E-state index contributed by atoms with van der Waals surface area (Å²) >= 11 is 0. The van der Waals surface area contributed by atoms with Gasteiger partial charge in [-0.15, -0.1) is 0 Å². The van der Waals surface area contributed by atoms with Crippen molar-refractivity contribution >= 4 is 33.5 Å². The Morgan fingerprint density at radius 1 is 1.10 bits per heavy atom. The molecule has 0 aliphatic carbocycles. The van der Waals surface area contributed by atoms with Gasteiger partial charge in [-0.25, -0.2) is 18.0 Å². The fraction of sp³-hybridized carbons (Fsp3) is 0.600. The molecule has 0 N–H and O–H groups in total. The molecule has 0 radical (unpaired) electrons. The zero-order valence-electron chi connectivity index (χ0n) is 18.5. The second kappa shape index (κ2) is 9.11. The summed E-state index contributed by atoms with van der Waals surface area (Å²) in [6, 6.07) is 5.00. The van der Waals surface area contributed by atoms with E-state index in [2.05, 4.69) is 4.90 Å². The molecule has 0 bridgehead atoms. The van der Waals surface area contributed by atoms with Crippen LogP contribution in [0.4, 0.5) is 16.2 Å². The number of sulfonamides is 1. The van der Waals surface area contributed by atoms with Crippen molar-refractivity contribution in [2.45, 2.75) is 32.8 Å². The minimum absolute atomic E-state index is 0.163. The van der Waals surface area contributed by atoms with Crippen molar-refractivity contribution in [2.24, 2.45) is 0 Å². The van der Waals surface area contributed by atoms with Crippen molar-refractivity contribution in [3.63, 3.8) is 0 Å². The predicted octanol–water partition coefficient (Wildman–Crippen LogP) is 2.32. The summed E-state index contributed by atoms with van der Waals surface area (Å²) < 4.78 is 35.2. The maximum Gasteiger partial charge on any atom is 0.410 e. The van der Waals surface area contributed by atoms with Crippen LogP contribution in [0, 0.1) is 0 Å². The minimum atomic E-state index is -3.54. The first-order chi connectivity index (χ1) is 13.8. The number of carbonyl (C=O) groups is 2. The van der Waals surface area contributed by atoms with Gasteiger partial charge in [-0.05, 0) is 45.4 Å². The van der Waals surface area contributed by atoms with Crippen LogP contribution < -0.4 is 9.21 Å². The van der Waals surface area contributed by atoms with E-state index in [1.807, 2.05) is 20.8 Å². The zero-order valence-corrected chi connectivity index (χ0v) is 19.3. The average molecular weight is 442 g/mol. The van der Waals surface area contributed by atoms with Crippen LogP contribution in [0.1, 0.15) is 37.6 Å². The topological polar surface area (TPSA) is 96.5 Å². The third-order valence-electron chi connectivity index (χ3n) is 4.73. The van der Waals surface area contributed by atoms with Crippen LogP contribution in [0.2, 0.25) is 0 Å². The third kappa shape index (κ3) is 6.01. The Balaban J connectivity index is 2.25. The molecule has 1 fully saturated rings. The highest BCUT2D eigenvalue weighted by molar-refractivity contribution is 7.92. The minimum Gasteiger partial charge on any atom is -0.465 e. The molecule has 0 aromatic heterocycles. The second-order valence-electron chi connectivity index (χ2n) is 8.23.